The van der Waals surface area contributed by atoms with E-state index in [9.17, 15) is 9.59 Å². The van der Waals surface area contributed by atoms with Crippen molar-refractivity contribution < 1.29 is 14.3 Å². The highest BCUT2D eigenvalue weighted by molar-refractivity contribution is 7.21. The van der Waals surface area contributed by atoms with Crippen molar-refractivity contribution in [1.29, 1.82) is 0 Å². The van der Waals surface area contributed by atoms with E-state index in [0.29, 0.717) is 21.3 Å². The molecular weight excluding hydrogens is 360 g/mol. The maximum Gasteiger partial charge on any atom is 0.263 e. The molecule has 3 aromatic rings. The van der Waals surface area contributed by atoms with Gasteiger partial charge in [-0.2, -0.15) is 0 Å². The molecule has 0 aliphatic rings. The van der Waals surface area contributed by atoms with Gasteiger partial charge in [-0.05, 0) is 18.2 Å². The van der Waals surface area contributed by atoms with Crippen molar-refractivity contribution in [3.63, 3.8) is 0 Å². The Balaban J connectivity index is 1.63. The molecule has 2 aromatic carbocycles. The second-order valence-corrected chi connectivity index (χ2v) is 6.63. The average Bonchev–Trinajstić information content (AvgIpc) is 2.97. The predicted molar refractivity (Wildman–Crippen MR) is 101 cm³/mol. The molecule has 0 aliphatic carbocycles. The number of thiophene rings is 1. The SMILES string of the molecule is COc1cccc(NC(=O)CNC(=O)c2sc3ccccc3c2Cl)c1. The maximum atomic E-state index is 12.3. The molecule has 2 amide bonds. The van der Waals surface area contributed by atoms with E-state index in [-0.39, 0.29) is 18.4 Å². The number of anilines is 1. The minimum absolute atomic E-state index is 0.152. The molecule has 0 bridgehead atoms. The second-order valence-electron chi connectivity index (χ2n) is 5.20. The Bertz CT molecular complexity index is 939. The van der Waals surface area contributed by atoms with Crippen molar-refractivity contribution >= 4 is 50.5 Å². The van der Waals surface area contributed by atoms with Gasteiger partial charge in [-0.25, -0.2) is 0 Å². The molecule has 1 heterocycles. The first-order valence-corrected chi connectivity index (χ1v) is 8.67. The van der Waals surface area contributed by atoms with Crippen LogP contribution in [0.1, 0.15) is 9.67 Å². The summed E-state index contributed by atoms with van der Waals surface area (Å²) in [6, 6.07) is 14.5. The number of hydrogen-bond acceptors (Lipinski definition) is 4. The second kappa shape index (κ2) is 7.55. The summed E-state index contributed by atoms with van der Waals surface area (Å²) in [5, 5.41) is 6.54. The summed E-state index contributed by atoms with van der Waals surface area (Å²) in [6.07, 6.45) is 0. The molecule has 0 saturated carbocycles. The first-order valence-electron chi connectivity index (χ1n) is 7.47. The fraction of sp³-hybridized carbons (Fsp3) is 0.111. The zero-order valence-corrected chi connectivity index (χ0v) is 14.9. The van der Waals surface area contributed by atoms with Gasteiger partial charge in [0, 0.05) is 21.8 Å². The lowest BCUT2D eigenvalue weighted by molar-refractivity contribution is -0.115. The Morgan fingerprint density at radius 1 is 1.16 bits per heavy atom. The van der Waals surface area contributed by atoms with Crippen LogP contribution in [0.3, 0.4) is 0 Å². The molecule has 0 atom stereocenters. The summed E-state index contributed by atoms with van der Waals surface area (Å²) in [5.74, 6) is -0.0651. The zero-order chi connectivity index (χ0) is 17.8. The van der Waals surface area contributed by atoms with Crippen molar-refractivity contribution in [2.45, 2.75) is 0 Å². The number of methoxy groups -OCH3 is 1. The van der Waals surface area contributed by atoms with Crippen LogP contribution in [0, 0.1) is 0 Å². The summed E-state index contributed by atoms with van der Waals surface area (Å²) < 4.78 is 6.03. The van der Waals surface area contributed by atoms with E-state index >= 15 is 0 Å². The highest BCUT2D eigenvalue weighted by Gasteiger charge is 2.17. The van der Waals surface area contributed by atoms with Crippen LogP contribution in [-0.2, 0) is 4.79 Å². The molecule has 3 rings (SSSR count). The summed E-state index contributed by atoms with van der Waals surface area (Å²) in [7, 11) is 1.55. The van der Waals surface area contributed by atoms with Crippen LogP contribution in [0.4, 0.5) is 5.69 Å². The van der Waals surface area contributed by atoms with Crippen LogP contribution in [-0.4, -0.2) is 25.5 Å². The molecule has 0 aliphatic heterocycles. The number of hydrogen-bond donors (Lipinski definition) is 2. The molecule has 25 heavy (non-hydrogen) atoms. The largest absolute Gasteiger partial charge is 0.497 e. The smallest absolute Gasteiger partial charge is 0.263 e. The van der Waals surface area contributed by atoms with E-state index in [4.69, 9.17) is 16.3 Å². The van der Waals surface area contributed by atoms with Gasteiger partial charge in [-0.15, -0.1) is 11.3 Å². The lowest BCUT2D eigenvalue weighted by atomic mass is 10.2. The standard InChI is InChI=1S/C18H15ClN2O3S/c1-24-12-6-4-5-11(9-12)21-15(22)10-20-18(23)17-16(19)13-7-2-3-8-14(13)25-17/h2-9H,10H2,1H3,(H,20,23)(H,21,22). The first kappa shape index (κ1) is 17.3. The summed E-state index contributed by atoms with van der Waals surface area (Å²) in [5.41, 5.74) is 0.596. The highest BCUT2D eigenvalue weighted by Crippen LogP contribution is 2.34. The molecule has 0 radical (unpaired) electrons. The van der Waals surface area contributed by atoms with Crippen molar-refractivity contribution in [1.82, 2.24) is 5.32 Å². The lowest BCUT2D eigenvalue weighted by Crippen LogP contribution is -2.32. The number of rotatable bonds is 5. The topological polar surface area (TPSA) is 67.4 Å². The third-order valence-corrected chi connectivity index (χ3v) is 5.18. The molecule has 0 saturated heterocycles. The molecule has 128 valence electrons. The van der Waals surface area contributed by atoms with Gasteiger partial charge in [0.25, 0.3) is 5.91 Å². The van der Waals surface area contributed by atoms with Crippen molar-refractivity contribution in [3.05, 3.63) is 58.4 Å². The van der Waals surface area contributed by atoms with Crippen molar-refractivity contribution in [2.24, 2.45) is 0 Å². The number of fused-ring (bicyclic) bond motifs is 1. The van der Waals surface area contributed by atoms with E-state index in [2.05, 4.69) is 10.6 Å². The number of benzene rings is 2. The van der Waals surface area contributed by atoms with Gasteiger partial charge in [0.2, 0.25) is 5.91 Å². The van der Waals surface area contributed by atoms with E-state index in [0.717, 1.165) is 10.1 Å². The van der Waals surface area contributed by atoms with Crippen molar-refractivity contribution in [3.8, 4) is 5.75 Å². The highest BCUT2D eigenvalue weighted by atomic mass is 35.5. The summed E-state index contributed by atoms with van der Waals surface area (Å²) >= 11 is 7.57. The number of carbonyl (C=O) groups is 2. The van der Waals surface area contributed by atoms with Gasteiger partial charge in [0.15, 0.2) is 0 Å². The van der Waals surface area contributed by atoms with Crippen LogP contribution in [0.15, 0.2) is 48.5 Å². The van der Waals surface area contributed by atoms with Crippen LogP contribution in [0.5, 0.6) is 5.75 Å². The van der Waals surface area contributed by atoms with Gasteiger partial charge in [0.1, 0.15) is 10.6 Å². The van der Waals surface area contributed by atoms with Crippen LogP contribution >= 0.6 is 22.9 Å². The quantitative estimate of drug-likeness (QED) is 0.711. The van der Waals surface area contributed by atoms with E-state index in [1.165, 1.54) is 11.3 Å². The Hall–Kier alpha value is -2.57. The first-order chi connectivity index (χ1) is 12.1. The van der Waals surface area contributed by atoms with Crippen LogP contribution in [0.25, 0.3) is 10.1 Å². The molecule has 0 spiro atoms. The molecule has 1 aromatic heterocycles. The lowest BCUT2D eigenvalue weighted by Gasteiger charge is -2.08. The van der Waals surface area contributed by atoms with Crippen LogP contribution < -0.4 is 15.4 Å². The number of ether oxygens (including phenoxy) is 1. The summed E-state index contributed by atoms with van der Waals surface area (Å²) in [6.45, 7) is -0.152. The third-order valence-electron chi connectivity index (χ3n) is 3.50. The third kappa shape index (κ3) is 3.92. The normalized spacial score (nSPS) is 10.5. The maximum absolute atomic E-state index is 12.3. The van der Waals surface area contributed by atoms with Gasteiger partial charge in [-0.1, -0.05) is 35.9 Å². The molecule has 0 unspecified atom stereocenters. The number of nitrogens with one attached hydrogen (secondary N) is 2. The molecule has 5 nitrogen and oxygen atoms in total. The van der Waals surface area contributed by atoms with Gasteiger partial charge >= 0.3 is 0 Å². The monoisotopic (exact) mass is 374 g/mol. The van der Waals surface area contributed by atoms with Gasteiger partial charge in [-0.3, -0.25) is 9.59 Å². The minimum atomic E-state index is -0.369. The molecular formula is C18H15ClN2O3S. The minimum Gasteiger partial charge on any atom is -0.497 e. The number of amides is 2. The molecule has 7 heteroatoms. The fourth-order valence-electron chi connectivity index (χ4n) is 2.31. The Kier molecular flexibility index (Phi) is 5.21. The predicted octanol–water partition coefficient (Wildman–Crippen LogP) is 3.93. The Labute approximate surface area is 153 Å². The number of halogens is 1. The van der Waals surface area contributed by atoms with Crippen LogP contribution in [0.2, 0.25) is 5.02 Å². The van der Waals surface area contributed by atoms with Gasteiger partial charge in [0.05, 0.1) is 18.7 Å². The fourth-order valence-corrected chi connectivity index (χ4v) is 3.74. The molecule has 2 N–H and O–H groups in total. The summed E-state index contributed by atoms with van der Waals surface area (Å²) in [4.78, 5) is 24.7. The average molecular weight is 375 g/mol. The Morgan fingerprint density at radius 2 is 1.96 bits per heavy atom. The zero-order valence-electron chi connectivity index (χ0n) is 13.3. The van der Waals surface area contributed by atoms with E-state index in [1.807, 2.05) is 24.3 Å². The molecule has 0 fully saturated rings. The Morgan fingerprint density at radius 3 is 2.72 bits per heavy atom. The van der Waals surface area contributed by atoms with Gasteiger partial charge < -0.3 is 15.4 Å². The van der Waals surface area contributed by atoms with Crippen molar-refractivity contribution in [2.75, 3.05) is 19.0 Å². The van der Waals surface area contributed by atoms with E-state index < -0.39 is 0 Å². The van der Waals surface area contributed by atoms with E-state index in [1.54, 1.807) is 31.4 Å². The number of carbonyl (C=O) groups excluding carboxylic acids is 2.